The van der Waals surface area contributed by atoms with E-state index in [4.69, 9.17) is 0 Å². The first-order valence-electron chi connectivity index (χ1n) is 14.7. The van der Waals surface area contributed by atoms with Gasteiger partial charge in [-0.3, -0.25) is 0 Å². The molecule has 2 heterocycles. The highest BCUT2D eigenvalue weighted by molar-refractivity contribution is 4.86. The number of hydrogen-bond acceptors (Lipinski definition) is 2. The Morgan fingerprint density at radius 2 is 0.853 bits per heavy atom. The summed E-state index contributed by atoms with van der Waals surface area (Å²) in [5, 5.41) is 0. The van der Waals surface area contributed by atoms with Crippen molar-refractivity contribution < 1.29 is 19.9 Å². The molecule has 2 N–H and O–H groups in total. The Morgan fingerprint density at radius 3 is 1.09 bits per heavy atom. The van der Waals surface area contributed by atoms with Crippen molar-refractivity contribution in [2.45, 2.75) is 132 Å². The molecule has 0 bridgehead atoms. The smallest absolute Gasteiger partial charge is 0.0898 e. The normalized spacial score (nSPS) is 35.3. The third kappa shape index (κ3) is 7.43. The van der Waals surface area contributed by atoms with E-state index >= 15 is 0 Å². The van der Waals surface area contributed by atoms with E-state index in [-0.39, 0.29) is 11.0 Å². The summed E-state index contributed by atoms with van der Waals surface area (Å²) in [7, 11) is 0. The summed E-state index contributed by atoms with van der Waals surface area (Å²) in [6.07, 6.45) is 14.7. The largest absolute Gasteiger partial charge is 0.870 e. The van der Waals surface area contributed by atoms with E-state index in [1.54, 1.807) is 0 Å². The van der Waals surface area contributed by atoms with Gasteiger partial charge in [0.05, 0.1) is 51.4 Å². The van der Waals surface area contributed by atoms with Crippen molar-refractivity contribution in [1.82, 2.24) is 0 Å². The van der Waals surface area contributed by atoms with Crippen molar-refractivity contribution in [3.05, 3.63) is 0 Å². The van der Waals surface area contributed by atoms with Crippen LogP contribution in [-0.2, 0) is 0 Å². The molecule has 4 nitrogen and oxygen atoms in total. The van der Waals surface area contributed by atoms with E-state index in [0.717, 1.165) is 23.9 Å². The monoisotopic (exact) mass is 482 g/mol. The number of nitrogens with zero attached hydrogens (tertiary/aromatic N) is 2. The summed E-state index contributed by atoms with van der Waals surface area (Å²) in [6, 6.07) is 1.93. The lowest BCUT2D eigenvalue weighted by atomic mass is 9.69. The molecule has 0 amide bonds. The molecule has 0 spiro atoms. The van der Waals surface area contributed by atoms with Crippen LogP contribution >= 0.6 is 0 Å². The Morgan fingerprint density at radius 1 is 0.559 bits per heavy atom. The van der Waals surface area contributed by atoms with Crippen molar-refractivity contribution in [2.75, 3.05) is 39.3 Å². The molecule has 4 aliphatic rings. The van der Waals surface area contributed by atoms with Gasteiger partial charge in [-0.2, -0.15) is 0 Å². The zero-order valence-corrected chi connectivity index (χ0v) is 24.4. The Labute approximate surface area is 213 Å². The van der Waals surface area contributed by atoms with Crippen LogP contribution in [0.4, 0.5) is 0 Å². The predicted octanol–water partition coefficient (Wildman–Crippen LogP) is 7.31. The Hall–Kier alpha value is -0.160. The van der Waals surface area contributed by atoms with Crippen LogP contribution in [0.5, 0.6) is 0 Å². The van der Waals surface area contributed by atoms with E-state index in [0.29, 0.717) is 10.8 Å². The standard InChI is InChI=1S/2C15H30N.2H2O/c2*1-5-16(8-6-7-9-16)14-10-13(2)11-15(3,4)12-14;;/h2*13-14H,5-12H2,1-4H3;2*1H2/q2*+1;;/p-2. The first-order chi connectivity index (χ1) is 14.9. The third-order valence-corrected chi connectivity index (χ3v) is 10.4. The van der Waals surface area contributed by atoms with Crippen LogP contribution < -0.4 is 0 Å². The highest BCUT2D eigenvalue weighted by Crippen LogP contribution is 2.45. The van der Waals surface area contributed by atoms with Gasteiger partial charge in [-0.1, -0.05) is 41.5 Å². The average Bonchev–Trinajstić information content (AvgIpc) is 3.36. The molecule has 0 aromatic rings. The molecule has 4 heteroatoms. The molecule has 34 heavy (non-hydrogen) atoms. The maximum atomic E-state index is 2.48. The number of rotatable bonds is 4. The second kappa shape index (κ2) is 12.4. The molecule has 4 atom stereocenters. The lowest BCUT2D eigenvalue weighted by Gasteiger charge is -2.48. The van der Waals surface area contributed by atoms with Gasteiger partial charge in [0.25, 0.3) is 0 Å². The second-order valence-electron chi connectivity index (χ2n) is 14.5. The van der Waals surface area contributed by atoms with Crippen molar-refractivity contribution >= 4 is 0 Å². The first kappa shape index (κ1) is 31.9. The first-order valence-corrected chi connectivity index (χ1v) is 14.7. The van der Waals surface area contributed by atoms with E-state index in [2.05, 4.69) is 55.4 Å². The van der Waals surface area contributed by atoms with Gasteiger partial charge in [-0.15, -0.1) is 0 Å². The minimum atomic E-state index is 0. The van der Waals surface area contributed by atoms with Gasteiger partial charge in [-0.05, 0) is 49.4 Å². The van der Waals surface area contributed by atoms with Crippen LogP contribution in [-0.4, -0.2) is 71.3 Å². The third-order valence-electron chi connectivity index (χ3n) is 10.4. The molecule has 2 aliphatic heterocycles. The van der Waals surface area contributed by atoms with Crippen molar-refractivity contribution in [1.29, 1.82) is 0 Å². The van der Waals surface area contributed by atoms with Crippen molar-refractivity contribution in [2.24, 2.45) is 22.7 Å². The molecular formula is C30H62N2O2. The van der Waals surface area contributed by atoms with E-state index in [9.17, 15) is 0 Å². The minimum absolute atomic E-state index is 0. The van der Waals surface area contributed by atoms with Gasteiger partial charge in [0.1, 0.15) is 0 Å². The molecule has 0 radical (unpaired) electrons. The van der Waals surface area contributed by atoms with Gasteiger partial charge < -0.3 is 19.9 Å². The molecule has 0 aromatic heterocycles. The number of quaternary nitrogens is 2. The molecule has 2 aliphatic carbocycles. The lowest BCUT2D eigenvalue weighted by Crippen LogP contribution is -2.56. The van der Waals surface area contributed by atoms with E-state index in [1.807, 2.05) is 0 Å². The SMILES string of the molecule is CC[N+]1(C2CC(C)CC(C)(C)C2)CCCC1.CC[N+]1(C2CC(C)CC(C)(C)C2)CCCC1.[OH-].[OH-]. The molecule has 204 valence electrons. The van der Waals surface area contributed by atoms with E-state index in [1.165, 1.54) is 112 Å². The molecule has 0 aromatic carbocycles. The predicted molar refractivity (Wildman–Crippen MR) is 145 cm³/mol. The number of hydrogen-bond donors (Lipinski definition) is 0. The Kier molecular flexibility index (Phi) is 11.6. The quantitative estimate of drug-likeness (QED) is 0.394. The second-order valence-corrected chi connectivity index (χ2v) is 14.5. The van der Waals surface area contributed by atoms with Gasteiger partial charge in [0.15, 0.2) is 0 Å². The molecule has 4 rings (SSSR count). The topological polar surface area (TPSA) is 60.0 Å². The molecule has 2 saturated carbocycles. The summed E-state index contributed by atoms with van der Waals surface area (Å²) in [5.41, 5.74) is 1.18. The van der Waals surface area contributed by atoms with E-state index < -0.39 is 0 Å². The highest BCUT2D eigenvalue weighted by Gasteiger charge is 2.46. The summed E-state index contributed by atoms with van der Waals surface area (Å²) in [6.45, 7) is 28.3. The van der Waals surface area contributed by atoms with Crippen LogP contribution in [0.1, 0.15) is 120 Å². The van der Waals surface area contributed by atoms with Crippen LogP contribution in [0.3, 0.4) is 0 Å². The number of likely N-dealkylation sites (tertiary alicyclic amines) is 2. The fourth-order valence-electron chi connectivity index (χ4n) is 9.24. The van der Waals surface area contributed by atoms with Crippen molar-refractivity contribution in [3.63, 3.8) is 0 Å². The zero-order valence-electron chi connectivity index (χ0n) is 24.4. The maximum Gasteiger partial charge on any atom is 0.0898 e. The van der Waals surface area contributed by atoms with Gasteiger partial charge in [-0.25, -0.2) is 0 Å². The summed E-state index contributed by atoms with van der Waals surface area (Å²) in [5.74, 6) is 1.88. The highest BCUT2D eigenvalue weighted by atomic mass is 16.0. The lowest BCUT2D eigenvalue weighted by molar-refractivity contribution is -0.941. The molecule has 4 unspecified atom stereocenters. The molecular weight excluding hydrogens is 420 g/mol. The van der Waals surface area contributed by atoms with Crippen LogP contribution in [0.2, 0.25) is 0 Å². The fraction of sp³-hybridized carbons (Fsp3) is 1.00. The average molecular weight is 483 g/mol. The summed E-state index contributed by atoms with van der Waals surface area (Å²) in [4.78, 5) is 0. The Balaban J connectivity index is 0.000000321. The van der Waals surface area contributed by atoms with Crippen LogP contribution in [0.25, 0.3) is 0 Å². The fourth-order valence-corrected chi connectivity index (χ4v) is 9.24. The summed E-state index contributed by atoms with van der Waals surface area (Å²) >= 11 is 0. The van der Waals surface area contributed by atoms with Gasteiger partial charge in [0.2, 0.25) is 0 Å². The Bertz CT molecular complexity index is 539. The van der Waals surface area contributed by atoms with Crippen LogP contribution in [0.15, 0.2) is 0 Å². The minimum Gasteiger partial charge on any atom is -0.870 e. The molecule has 4 fully saturated rings. The molecule has 2 saturated heterocycles. The maximum absolute atomic E-state index is 2.48. The zero-order chi connectivity index (χ0) is 23.6. The van der Waals surface area contributed by atoms with Crippen molar-refractivity contribution in [3.8, 4) is 0 Å². The van der Waals surface area contributed by atoms with Gasteiger partial charge in [0, 0.05) is 51.4 Å². The van der Waals surface area contributed by atoms with Crippen LogP contribution in [0, 0.1) is 22.7 Å². The summed E-state index contributed by atoms with van der Waals surface area (Å²) < 4.78 is 2.90. The van der Waals surface area contributed by atoms with Gasteiger partial charge >= 0.3 is 0 Å².